The van der Waals surface area contributed by atoms with Crippen LogP contribution in [-0.4, -0.2) is 29.4 Å². The second kappa shape index (κ2) is 4.56. The molecule has 1 aliphatic rings. The van der Waals surface area contributed by atoms with Gasteiger partial charge in [-0.05, 0) is 18.4 Å². The molecule has 1 fully saturated rings. The minimum atomic E-state index is -0.0105. The Morgan fingerprint density at radius 2 is 2.47 bits per heavy atom. The van der Waals surface area contributed by atoms with Crippen molar-refractivity contribution in [3.63, 3.8) is 0 Å². The van der Waals surface area contributed by atoms with Gasteiger partial charge in [0, 0.05) is 17.5 Å². The molecule has 2 aromatic rings. The molecule has 0 unspecified atom stereocenters. The van der Waals surface area contributed by atoms with Crippen molar-refractivity contribution in [2.45, 2.75) is 19.1 Å². The molecule has 0 amide bonds. The molecule has 90 valence electrons. The number of thiophene rings is 1. The fourth-order valence-corrected chi connectivity index (χ4v) is 2.51. The van der Waals surface area contributed by atoms with Gasteiger partial charge in [0.2, 0.25) is 11.7 Å². The Labute approximate surface area is 103 Å². The average Bonchev–Trinajstić information content (AvgIpc) is 3.00. The number of nitrogens with one attached hydrogen (secondary N) is 1. The smallest absolute Gasteiger partial charge is 0.246 e. The van der Waals surface area contributed by atoms with Gasteiger partial charge in [-0.15, -0.1) is 0 Å². The zero-order chi connectivity index (χ0) is 11.7. The highest BCUT2D eigenvalue weighted by Gasteiger charge is 2.28. The van der Waals surface area contributed by atoms with Gasteiger partial charge in [-0.25, -0.2) is 0 Å². The van der Waals surface area contributed by atoms with Crippen LogP contribution in [-0.2, 0) is 4.74 Å². The molecule has 6 heteroatoms. The topological polar surface area (TPSA) is 60.2 Å². The van der Waals surface area contributed by atoms with Crippen molar-refractivity contribution in [2.24, 2.45) is 0 Å². The summed E-state index contributed by atoms with van der Waals surface area (Å²) in [5, 5.41) is 11.3. The van der Waals surface area contributed by atoms with E-state index in [1.54, 1.807) is 11.3 Å². The lowest BCUT2D eigenvalue weighted by molar-refractivity contribution is -0.00136. The van der Waals surface area contributed by atoms with Crippen molar-refractivity contribution < 1.29 is 9.26 Å². The molecule has 0 bridgehead atoms. The molecular weight excluding hydrogens is 238 g/mol. The van der Waals surface area contributed by atoms with E-state index >= 15 is 0 Å². The fraction of sp³-hybridized carbons (Fsp3) is 0.455. The van der Waals surface area contributed by atoms with E-state index in [0.29, 0.717) is 11.7 Å². The fourth-order valence-electron chi connectivity index (χ4n) is 1.88. The van der Waals surface area contributed by atoms with Crippen molar-refractivity contribution in [3.8, 4) is 11.4 Å². The van der Waals surface area contributed by atoms with Crippen LogP contribution in [0.25, 0.3) is 11.4 Å². The Bertz CT molecular complexity index is 483. The minimum Gasteiger partial charge on any atom is -0.375 e. The van der Waals surface area contributed by atoms with Gasteiger partial charge in [0.15, 0.2) is 0 Å². The van der Waals surface area contributed by atoms with E-state index < -0.39 is 0 Å². The maximum atomic E-state index is 5.56. The Hall–Kier alpha value is -1.24. The summed E-state index contributed by atoms with van der Waals surface area (Å²) in [4.78, 5) is 4.41. The van der Waals surface area contributed by atoms with E-state index in [1.165, 1.54) is 0 Å². The molecule has 5 nitrogen and oxygen atoms in total. The lowest BCUT2D eigenvalue weighted by Crippen LogP contribution is -2.40. The summed E-state index contributed by atoms with van der Waals surface area (Å²) in [7, 11) is 0. The van der Waals surface area contributed by atoms with E-state index in [4.69, 9.17) is 9.26 Å². The number of rotatable bonds is 2. The predicted octanol–water partition coefficient (Wildman–Crippen LogP) is 1.85. The number of hydrogen-bond acceptors (Lipinski definition) is 6. The van der Waals surface area contributed by atoms with Gasteiger partial charge in [0.25, 0.3) is 0 Å². The van der Waals surface area contributed by atoms with Crippen molar-refractivity contribution in [1.29, 1.82) is 0 Å². The van der Waals surface area contributed by atoms with E-state index in [2.05, 4.69) is 15.5 Å². The maximum absolute atomic E-state index is 5.56. The van der Waals surface area contributed by atoms with E-state index in [-0.39, 0.29) is 12.1 Å². The monoisotopic (exact) mass is 251 g/mol. The first-order valence-corrected chi connectivity index (χ1v) is 6.50. The standard InChI is InChI=1S/C11H13N3O2S/c1-7-9(12-3-4-15-7)11-13-10(14-16-11)8-2-5-17-6-8/h2,5-7,9,12H,3-4H2,1H3/t7-,9+/m1/s1. The van der Waals surface area contributed by atoms with Gasteiger partial charge in [0.1, 0.15) is 6.04 Å². The number of aromatic nitrogens is 2. The molecule has 1 aliphatic heterocycles. The van der Waals surface area contributed by atoms with Crippen molar-refractivity contribution in [2.75, 3.05) is 13.2 Å². The molecule has 3 heterocycles. The summed E-state index contributed by atoms with van der Waals surface area (Å²) in [5.41, 5.74) is 0.995. The highest BCUT2D eigenvalue weighted by molar-refractivity contribution is 7.08. The molecule has 1 N–H and O–H groups in total. The third kappa shape index (κ3) is 2.11. The van der Waals surface area contributed by atoms with Crippen LogP contribution in [0.3, 0.4) is 0 Å². The van der Waals surface area contributed by atoms with Crippen molar-refractivity contribution in [3.05, 3.63) is 22.7 Å². The number of nitrogens with zero attached hydrogens (tertiary/aromatic N) is 2. The lowest BCUT2D eigenvalue weighted by atomic mass is 10.1. The summed E-state index contributed by atoms with van der Waals surface area (Å²) < 4.78 is 10.9. The molecule has 0 saturated carbocycles. The van der Waals surface area contributed by atoms with Crippen LogP contribution in [0.2, 0.25) is 0 Å². The number of hydrogen-bond donors (Lipinski definition) is 1. The van der Waals surface area contributed by atoms with Gasteiger partial charge in [-0.2, -0.15) is 16.3 Å². The molecule has 2 atom stereocenters. The van der Waals surface area contributed by atoms with Crippen molar-refractivity contribution >= 4 is 11.3 Å². The molecular formula is C11H13N3O2S. The summed E-state index contributed by atoms with van der Waals surface area (Å²) in [6, 6.07) is 1.97. The van der Waals surface area contributed by atoms with Crippen LogP contribution in [0.5, 0.6) is 0 Å². The Balaban J connectivity index is 1.84. The molecule has 2 aromatic heterocycles. The second-order valence-corrected chi connectivity index (χ2v) is 4.76. The molecule has 3 rings (SSSR count). The Morgan fingerprint density at radius 1 is 1.53 bits per heavy atom. The summed E-state index contributed by atoms with van der Waals surface area (Å²) >= 11 is 1.62. The van der Waals surface area contributed by atoms with Gasteiger partial charge < -0.3 is 14.6 Å². The molecule has 0 spiro atoms. The van der Waals surface area contributed by atoms with Gasteiger partial charge >= 0.3 is 0 Å². The summed E-state index contributed by atoms with van der Waals surface area (Å²) in [6.07, 6.45) is 0.0551. The second-order valence-electron chi connectivity index (χ2n) is 3.98. The Kier molecular flexibility index (Phi) is 2.92. The first kappa shape index (κ1) is 10.9. The first-order chi connectivity index (χ1) is 8.34. The zero-order valence-electron chi connectivity index (χ0n) is 9.42. The number of ether oxygens (including phenoxy) is 1. The van der Waals surface area contributed by atoms with E-state index in [9.17, 15) is 0 Å². The van der Waals surface area contributed by atoms with E-state index in [0.717, 1.165) is 18.7 Å². The Morgan fingerprint density at radius 3 is 3.24 bits per heavy atom. The van der Waals surface area contributed by atoms with Gasteiger partial charge in [-0.1, -0.05) is 5.16 Å². The average molecular weight is 251 g/mol. The maximum Gasteiger partial charge on any atom is 0.246 e. The van der Waals surface area contributed by atoms with Gasteiger partial charge in [-0.3, -0.25) is 0 Å². The normalized spacial score (nSPS) is 25.0. The third-order valence-electron chi connectivity index (χ3n) is 2.80. The largest absolute Gasteiger partial charge is 0.375 e. The highest BCUT2D eigenvalue weighted by Crippen LogP contribution is 2.24. The quantitative estimate of drug-likeness (QED) is 0.882. The predicted molar refractivity (Wildman–Crippen MR) is 63.8 cm³/mol. The van der Waals surface area contributed by atoms with Crippen LogP contribution < -0.4 is 5.32 Å². The molecule has 1 saturated heterocycles. The van der Waals surface area contributed by atoms with E-state index in [1.807, 2.05) is 23.8 Å². The SMILES string of the molecule is C[C@H]1OCCN[C@@H]1c1nc(-c2ccsc2)no1. The van der Waals surface area contributed by atoms with Crippen LogP contribution in [0.15, 0.2) is 21.3 Å². The molecule has 17 heavy (non-hydrogen) atoms. The molecule has 0 radical (unpaired) electrons. The number of morpholine rings is 1. The third-order valence-corrected chi connectivity index (χ3v) is 3.49. The van der Waals surface area contributed by atoms with Gasteiger partial charge in [0.05, 0.1) is 12.7 Å². The highest BCUT2D eigenvalue weighted by atomic mass is 32.1. The van der Waals surface area contributed by atoms with Crippen LogP contribution in [0, 0.1) is 0 Å². The van der Waals surface area contributed by atoms with Crippen LogP contribution in [0.4, 0.5) is 0 Å². The first-order valence-electron chi connectivity index (χ1n) is 5.56. The summed E-state index contributed by atoms with van der Waals surface area (Å²) in [6.45, 7) is 3.54. The molecule has 0 aliphatic carbocycles. The summed E-state index contributed by atoms with van der Waals surface area (Å²) in [5.74, 6) is 1.24. The minimum absolute atomic E-state index is 0.0105. The lowest BCUT2D eigenvalue weighted by Gasteiger charge is -2.27. The van der Waals surface area contributed by atoms with Crippen molar-refractivity contribution in [1.82, 2.24) is 15.5 Å². The van der Waals surface area contributed by atoms with Crippen LogP contribution >= 0.6 is 11.3 Å². The molecule has 0 aromatic carbocycles. The zero-order valence-corrected chi connectivity index (χ0v) is 10.2. The van der Waals surface area contributed by atoms with Crippen LogP contribution in [0.1, 0.15) is 18.9 Å².